The largest absolute Gasteiger partial charge is 0.496 e. The van der Waals surface area contributed by atoms with Crippen LogP contribution in [0.5, 0.6) is 5.75 Å². The molecular formula is C27H31F2N3O4. The van der Waals surface area contributed by atoms with E-state index in [1.54, 1.807) is 7.11 Å². The van der Waals surface area contributed by atoms with Gasteiger partial charge >= 0.3 is 12.1 Å². The predicted octanol–water partition coefficient (Wildman–Crippen LogP) is 4.98. The van der Waals surface area contributed by atoms with Crippen LogP contribution in [0.4, 0.5) is 18.4 Å². The first-order valence-electron chi connectivity index (χ1n) is 12.5. The second kappa shape index (κ2) is 10.4. The van der Waals surface area contributed by atoms with Gasteiger partial charge in [0.05, 0.1) is 7.11 Å². The van der Waals surface area contributed by atoms with Crippen molar-refractivity contribution in [3.63, 3.8) is 0 Å². The fourth-order valence-electron chi connectivity index (χ4n) is 5.85. The molecule has 0 spiro atoms. The summed E-state index contributed by atoms with van der Waals surface area (Å²) in [6, 6.07) is 10.6. The van der Waals surface area contributed by atoms with E-state index in [1.807, 2.05) is 12.1 Å². The summed E-state index contributed by atoms with van der Waals surface area (Å²) in [4.78, 5) is 28.7. The molecule has 192 valence electrons. The number of halogens is 2. The van der Waals surface area contributed by atoms with E-state index in [1.165, 1.54) is 11.6 Å². The van der Waals surface area contributed by atoms with Crippen molar-refractivity contribution in [1.29, 1.82) is 0 Å². The van der Waals surface area contributed by atoms with Crippen LogP contribution in [0.3, 0.4) is 0 Å². The average Bonchev–Trinajstić information content (AvgIpc) is 3.52. The summed E-state index contributed by atoms with van der Waals surface area (Å²) >= 11 is 0. The molecule has 36 heavy (non-hydrogen) atoms. The Hall–Kier alpha value is -3.20. The van der Waals surface area contributed by atoms with Crippen molar-refractivity contribution in [3.05, 3.63) is 65.2 Å². The van der Waals surface area contributed by atoms with Crippen molar-refractivity contribution in [2.75, 3.05) is 26.8 Å². The van der Waals surface area contributed by atoms with Crippen molar-refractivity contribution in [2.45, 2.75) is 56.1 Å². The zero-order chi connectivity index (χ0) is 25.2. The van der Waals surface area contributed by atoms with E-state index < -0.39 is 29.8 Å². The van der Waals surface area contributed by atoms with E-state index in [-0.39, 0.29) is 12.6 Å². The van der Waals surface area contributed by atoms with Crippen LogP contribution >= 0.6 is 0 Å². The van der Waals surface area contributed by atoms with Crippen molar-refractivity contribution in [3.8, 4) is 5.75 Å². The maximum Gasteiger partial charge on any atom is 0.418 e. The number of methoxy groups -OCH3 is 1. The highest BCUT2D eigenvalue weighted by Crippen LogP contribution is 2.39. The molecule has 1 N–H and O–H groups in total. The van der Waals surface area contributed by atoms with Crippen LogP contribution in [0.1, 0.15) is 55.2 Å². The third kappa shape index (κ3) is 4.89. The van der Waals surface area contributed by atoms with E-state index in [9.17, 15) is 18.4 Å². The van der Waals surface area contributed by atoms with Crippen LogP contribution in [-0.4, -0.2) is 60.8 Å². The lowest BCUT2D eigenvalue weighted by molar-refractivity contribution is 0.155. The highest BCUT2D eigenvalue weighted by molar-refractivity contribution is 5.92. The Bertz CT molecular complexity index is 1120. The molecule has 7 nitrogen and oxygen atoms in total. The first-order chi connectivity index (χ1) is 17.4. The Morgan fingerprint density at radius 1 is 1.06 bits per heavy atom. The maximum absolute atomic E-state index is 13.7. The van der Waals surface area contributed by atoms with Crippen LogP contribution in [0.2, 0.25) is 0 Å². The molecule has 0 aromatic heterocycles. The quantitative estimate of drug-likeness (QED) is 0.629. The molecule has 2 aromatic carbocycles. The summed E-state index contributed by atoms with van der Waals surface area (Å²) < 4.78 is 37.7. The number of carbonyl (C=O) groups excluding carboxylic acids is 2. The first-order valence-corrected chi connectivity index (χ1v) is 12.5. The van der Waals surface area contributed by atoms with Gasteiger partial charge in [-0.15, -0.1) is 0 Å². The van der Waals surface area contributed by atoms with Crippen molar-refractivity contribution < 1.29 is 27.8 Å². The monoisotopic (exact) mass is 499 g/mol. The first kappa shape index (κ1) is 24.5. The third-order valence-corrected chi connectivity index (χ3v) is 7.76. The van der Waals surface area contributed by atoms with E-state index in [0.717, 1.165) is 61.4 Å². The Morgan fingerprint density at radius 3 is 2.58 bits per heavy atom. The number of nitrogens with one attached hydrogen (secondary N) is 1. The van der Waals surface area contributed by atoms with E-state index in [0.29, 0.717) is 24.1 Å². The van der Waals surface area contributed by atoms with Gasteiger partial charge in [0.2, 0.25) is 0 Å². The molecule has 5 rings (SSSR count). The molecule has 2 atom stereocenters. The topological polar surface area (TPSA) is 71.1 Å². The summed E-state index contributed by atoms with van der Waals surface area (Å²) in [6.07, 6.45) is 4.35. The second-order valence-electron chi connectivity index (χ2n) is 9.81. The molecular weight excluding hydrogens is 468 g/mol. The summed E-state index contributed by atoms with van der Waals surface area (Å²) in [5, 5.41) is 2.96. The molecule has 1 aliphatic carbocycles. The highest BCUT2D eigenvalue weighted by Gasteiger charge is 2.41. The van der Waals surface area contributed by atoms with Crippen LogP contribution in [0, 0.1) is 11.6 Å². The number of cyclic esters (lactones) is 1. The molecule has 3 amide bonds. The van der Waals surface area contributed by atoms with E-state index >= 15 is 0 Å². The molecule has 2 aliphatic heterocycles. The van der Waals surface area contributed by atoms with Crippen molar-refractivity contribution in [1.82, 2.24) is 15.1 Å². The third-order valence-electron chi connectivity index (χ3n) is 7.76. The van der Waals surface area contributed by atoms with Gasteiger partial charge in [0.1, 0.15) is 18.4 Å². The summed E-state index contributed by atoms with van der Waals surface area (Å²) in [5.74, 6) is -0.570. The second-order valence-corrected chi connectivity index (χ2v) is 9.81. The van der Waals surface area contributed by atoms with Crippen LogP contribution in [-0.2, 0) is 4.74 Å². The lowest BCUT2D eigenvalue weighted by Crippen LogP contribution is -2.47. The van der Waals surface area contributed by atoms with E-state index in [4.69, 9.17) is 9.47 Å². The van der Waals surface area contributed by atoms with Crippen LogP contribution in [0.25, 0.3) is 0 Å². The zero-order valence-electron chi connectivity index (χ0n) is 20.3. The number of amides is 3. The van der Waals surface area contributed by atoms with Gasteiger partial charge in [-0.25, -0.2) is 23.3 Å². The zero-order valence-corrected chi connectivity index (χ0v) is 20.3. The minimum atomic E-state index is -1.03. The number of rotatable bonds is 5. The molecule has 2 aromatic rings. The lowest BCUT2D eigenvalue weighted by atomic mass is 9.81. The number of nitrogens with zero attached hydrogens (tertiary/aromatic N) is 2. The summed E-state index contributed by atoms with van der Waals surface area (Å²) in [5.41, 5.74) is 1.59. The molecule has 3 aliphatic rings. The van der Waals surface area contributed by atoms with Crippen LogP contribution in [0.15, 0.2) is 42.5 Å². The number of imide groups is 1. The molecule has 9 heteroatoms. The predicted molar refractivity (Wildman–Crippen MR) is 129 cm³/mol. The Morgan fingerprint density at radius 2 is 1.83 bits per heavy atom. The fourth-order valence-corrected chi connectivity index (χ4v) is 5.85. The van der Waals surface area contributed by atoms with E-state index in [2.05, 4.69) is 22.3 Å². The molecule has 3 fully saturated rings. The Balaban J connectivity index is 1.16. The number of carbonyl (C=O) groups is 2. The molecule has 1 unspecified atom stereocenters. The number of benzene rings is 2. The van der Waals surface area contributed by atoms with Gasteiger partial charge in [0, 0.05) is 25.2 Å². The van der Waals surface area contributed by atoms with Crippen molar-refractivity contribution >= 4 is 12.1 Å². The number of hydrogen-bond acceptors (Lipinski definition) is 5. The van der Waals surface area contributed by atoms with Gasteiger partial charge in [0.15, 0.2) is 11.6 Å². The number of para-hydroxylation sites is 1. The van der Waals surface area contributed by atoms with Gasteiger partial charge in [0.25, 0.3) is 0 Å². The SMILES string of the molecule is COc1ccccc1C1CCC(N2CC[C@@H](NC(=O)N3C(=O)OCC3c3ccc(F)c(F)c3)C2)CC1. The van der Waals surface area contributed by atoms with Crippen molar-refractivity contribution in [2.24, 2.45) is 0 Å². The fraction of sp³-hybridized carbons (Fsp3) is 0.481. The average molecular weight is 500 g/mol. The molecule has 0 bridgehead atoms. The molecule has 1 saturated carbocycles. The summed E-state index contributed by atoms with van der Waals surface area (Å²) in [6.45, 7) is 1.50. The minimum absolute atomic E-state index is 0.0937. The van der Waals surface area contributed by atoms with Gasteiger partial charge in [-0.2, -0.15) is 0 Å². The standard InChI is InChI=1S/C27H31F2N3O4/c1-35-25-5-3-2-4-21(25)17-6-9-20(10-7-17)31-13-12-19(15-31)30-26(33)32-24(16-36-27(32)34)18-8-11-22(28)23(29)14-18/h2-5,8,11,14,17,19-20,24H,6-7,9-10,12-13,15-16H2,1H3,(H,30,33)/t17?,19-,20?,24?/m1/s1. The number of urea groups is 1. The van der Waals surface area contributed by atoms with Crippen LogP contribution < -0.4 is 10.1 Å². The number of hydrogen-bond donors (Lipinski definition) is 1. The Kier molecular flexibility index (Phi) is 7.09. The normalized spacial score (nSPS) is 26.6. The van der Waals surface area contributed by atoms with Gasteiger partial charge in [-0.05, 0) is 67.3 Å². The molecule has 0 radical (unpaired) electrons. The molecule has 2 saturated heterocycles. The summed E-state index contributed by atoms with van der Waals surface area (Å²) in [7, 11) is 1.71. The molecule has 2 heterocycles. The van der Waals surface area contributed by atoms with Gasteiger partial charge in [-0.3, -0.25) is 4.90 Å². The smallest absolute Gasteiger partial charge is 0.418 e. The lowest BCUT2D eigenvalue weighted by Gasteiger charge is -2.35. The number of likely N-dealkylation sites (tertiary alicyclic amines) is 1. The maximum atomic E-state index is 13.7. The van der Waals surface area contributed by atoms with Gasteiger partial charge < -0.3 is 14.8 Å². The highest BCUT2D eigenvalue weighted by atomic mass is 19.2. The number of ether oxygens (including phenoxy) is 2. The Labute approximate surface area is 209 Å². The van der Waals surface area contributed by atoms with Gasteiger partial charge in [-0.1, -0.05) is 24.3 Å². The minimum Gasteiger partial charge on any atom is -0.496 e.